The van der Waals surface area contributed by atoms with E-state index in [1.54, 1.807) is 0 Å². The first kappa shape index (κ1) is 12.7. The lowest BCUT2D eigenvalue weighted by molar-refractivity contribution is -0.108. The van der Waals surface area contributed by atoms with Crippen molar-refractivity contribution in [3.8, 4) is 0 Å². The van der Waals surface area contributed by atoms with Gasteiger partial charge in [-0.15, -0.1) is 0 Å². The summed E-state index contributed by atoms with van der Waals surface area (Å²) >= 11 is 0. The number of nitrogens with zero attached hydrogens (tertiary/aromatic N) is 1. The number of benzene rings is 2. The average Bonchev–Trinajstić information content (AvgIpc) is 2.83. The first-order valence-corrected chi connectivity index (χ1v) is 6.84. The number of aldehydes is 1. The highest BCUT2D eigenvalue weighted by Crippen LogP contribution is 2.33. The van der Waals surface area contributed by atoms with Crippen molar-refractivity contribution >= 4 is 17.2 Å². The zero-order chi connectivity index (χ0) is 13.9. The average molecular weight is 263 g/mol. The van der Waals surface area contributed by atoms with Gasteiger partial charge >= 0.3 is 0 Å². The van der Waals surface area contributed by atoms with Crippen LogP contribution in [0.1, 0.15) is 23.5 Å². The Morgan fingerprint density at radius 3 is 2.50 bits per heavy atom. The van der Waals surface area contributed by atoms with Gasteiger partial charge in [0.1, 0.15) is 6.29 Å². The Kier molecular flexibility index (Phi) is 3.38. The van der Waals surface area contributed by atoms with Crippen molar-refractivity contribution in [1.29, 1.82) is 0 Å². The van der Waals surface area contributed by atoms with Crippen molar-refractivity contribution in [3.05, 3.63) is 71.9 Å². The van der Waals surface area contributed by atoms with Crippen LogP contribution in [0, 0.1) is 0 Å². The summed E-state index contributed by atoms with van der Waals surface area (Å²) in [5.74, 6) is 0.125. The molecular weight excluding hydrogens is 246 g/mol. The van der Waals surface area contributed by atoms with E-state index in [0.29, 0.717) is 6.42 Å². The standard InChI is InChI=1S/C18H17NO/c1-19-13-17(16-9-5-6-10-18(16)19)15(11-12-20)14-7-3-2-4-8-14/h2-10,12-13,15H,11H2,1H3. The molecule has 1 atom stereocenters. The molecule has 0 aliphatic carbocycles. The van der Waals surface area contributed by atoms with Crippen LogP contribution in [0.15, 0.2) is 60.8 Å². The lowest BCUT2D eigenvalue weighted by Gasteiger charge is -2.14. The van der Waals surface area contributed by atoms with E-state index in [1.165, 1.54) is 22.0 Å². The van der Waals surface area contributed by atoms with Crippen molar-refractivity contribution in [3.63, 3.8) is 0 Å². The molecule has 1 aromatic heterocycles. The fourth-order valence-corrected chi connectivity index (χ4v) is 2.87. The third kappa shape index (κ3) is 2.14. The summed E-state index contributed by atoms with van der Waals surface area (Å²) in [6.45, 7) is 0. The second kappa shape index (κ2) is 5.33. The van der Waals surface area contributed by atoms with Gasteiger partial charge < -0.3 is 9.36 Å². The summed E-state index contributed by atoms with van der Waals surface area (Å²) in [4.78, 5) is 11.1. The highest BCUT2D eigenvalue weighted by Gasteiger charge is 2.18. The van der Waals surface area contributed by atoms with E-state index < -0.39 is 0 Å². The molecule has 0 N–H and O–H groups in total. The maximum atomic E-state index is 11.1. The van der Waals surface area contributed by atoms with E-state index in [2.05, 4.69) is 48.1 Å². The van der Waals surface area contributed by atoms with E-state index in [1.807, 2.05) is 24.3 Å². The molecule has 0 radical (unpaired) electrons. The van der Waals surface area contributed by atoms with E-state index in [4.69, 9.17) is 0 Å². The van der Waals surface area contributed by atoms with Crippen LogP contribution in [0.5, 0.6) is 0 Å². The minimum absolute atomic E-state index is 0.125. The number of carbonyl (C=O) groups excluding carboxylic acids is 1. The van der Waals surface area contributed by atoms with Gasteiger partial charge in [0.05, 0.1) is 0 Å². The minimum atomic E-state index is 0.125. The molecule has 2 heteroatoms. The van der Waals surface area contributed by atoms with E-state index >= 15 is 0 Å². The minimum Gasteiger partial charge on any atom is -0.350 e. The van der Waals surface area contributed by atoms with Gasteiger partial charge in [0.15, 0.2) is 0 Å². The predicted molar refractivity (Wildman–Crippen MR) is 81.9 cm³/mol. The number of fused-ring (bicyclic) bond motifs is 1. The van der Waals surface area contributed by atoms with Crippen molar-refractivity contribution in [1.82, 2.24) is 4.57 Å². The quantitative estimate of drug-likeness (QED) is 0.654. The Hall–Kier alpha value is -2.35. The number of aromatic nitrogens is 1. The van der Waals surface area contributed by atoms with E-state index in [-0.39, 0.29) is 5.92 Å². The second-order valence-corrected chi connectivity index (χ2v) is 5.08. The van der Waals surface area contributed by atoms with Crippen LogP contribution < -0.4 is 0 Å². The van der Waals surface area contributed by atoms with Crippen LogP contribution in [0.4, 0.5) is 0 Å². The first-order chi connectivity index (χ1) is 9.81. The highest BCUT2D eigenvalue weighted by molar-refractivity contribution is 5.85. The van der Waals surface area contributed by atoms with E-state index in [0.717, 1.165) is 6.29 Å². The number of hydrogen-bond acceptors (Lipinski definition) is 1. The van der Waals surface area contributed by atoms with Crippen LogP contribution >= 0.6 is 0 Å². The summed E-state index contributed by atoms with van der Waals surface area (Å²) in [5.41, 5.74) is 3.62. The summed E-state index contributed by atoms with van der Waals surface area (Å²) in [6.07, 6.45) is 3.67. The van der Waals surface area contributed by atoms with Crippen molar-refractivity contribution in [2.75, 3.05) is 0 Å². The molecule has 0 aliphatic rings. The number of para-hydroxylation sites is 1. The molecule has 3 aromatic rings. The van der Waals surface area contributed by atoms with E-state index in [9.17, 15) is 4.79 Å². The number of carbonyl (C=O) groups is 1. The Morgan fingerprint density at radius 2 is 1.75 bits per heavy atom. The molecule has 0 spiro atoms. The lowest BCUT2D eigenvalue weighted by Crippen LogP contribution is -2.01. The van der Waals surface area contributed by atoms with Gasteiger partial charge in [-0.05, 0) is 17.2 Å². The third-order valence-corrected chi connectivity index (χ3v) is 3.84. The molecule has 0 fully saturated rings. The summed E-state index contributed by atoms with van der Waals surface area (Å²) in [5, 5.41) is 1.23. The first-order valence-electron chi connectivity index (χ1n) is 6.84. The molecule has 3 rings (SSSR count). The van der Waals surface area contributed by atoms with Gasteiger partial charge in [0.25, 0.3) is 0 Å². The predicted octanol–water partition coefficient (Wildman–Crippen LogP) is 3.90. The summed E-state index contributed by atoms with van der Waals surface area (Å²) in [6, 6.07) is 18.6. The smallest absolute Gasteiger partial charge is 0.120 e. The number of aryl methyl sites for hydroxylation is 1. The second-order valence-electron chi connectivity index (χ2n) is 5.08. The van der Waals surface area contributed by atoms with Crippen molar-refractivity contribution in [2.24, 2.45) is 7.05 Å². The molecule has 100 valence electrons. The van der Waals surface area contributed by atoms with Gasteiger partial charge in [-0.25, -0.2) is 0 Å². The van der Waals surface area contributed by atoms with Gasteiger partial charge in [0, 0.05) is 36.5 Å². The molecule has 1 heterocycles. The molecule has 0 saturated carbocycles. The van der Waals surface area contributed by atoms with Crippen LogP contribution in [0.2, 0.25) is 0 Å². The fourth-order valence-electron chi connectivity index (χ4n) is 2.87. The molecule has 2 aromatic carbocycles. The molecule has 0 bridgehead atoms. The molecule has 2 nitrogen and oxygen atoms in total. The van der Waals surface area contributed by atoms with Crippen molar-refractivity contribution < 1.29 is 4.79 Å². The van der Waals surface area contributed by atoms with Gasteiger partial charge in [-0.1, -0.05) is 48.5 Å². The fraction of sp³-hybridized carbons (Fsp3) is 0.167. The summed E-state index contributed by atoms with van der Waals surface area (Å²) < 4.78 is 2.13. The Bertz CT molecular complexity index is 728. The lowest BCUT2D eigenvalue weighted by atomic mass is 9.89. The molecule has 20 heavy (non-hydrogen) atoms. The molecule has 0 saturated heterocycles. The zero-order valence-electron chi connectivity index (χ0n) is 11.5. The van der Waals surface area contributed by atoms with Gasteiger partial charge in [0.2, 0.25) is 0 Å². The van der Waals surface area contributed by atoms with Gasteiger partial charge in [-0.3, -0.25) is 0 Å². The molecular formula is C18H17NO. The van der Waals surface area contributed by atoms with Crippen LogP contribution in [0.3, 0.4) is 0 Å². The summed E-state index contributed by atoms with van der Waals surface area (Å²) in [7, 11) is 2.05. The Balaban J connectivity index is 2.17. The molecule has 0 amide bonds. The Labute approximate surface area is 118 Å². The third-order valence-electron chi connectivity index (χ3n) is 3.84. The van der Waals surface area contributed by atoms with Crippen LogP contribution in [0.25, 0.3) is 10.9 Å². The largest absolute Gasteiger partial charge is 0.350 e. The highest BCUT2D eigenvalue weighted by atomic mass is 16.1. The topological polar surface area (TPSA) is 22.0 Å². The maximum absolute atomic E-state index is 11.1. The monoisotopic (exact) mass is 263 g/mol. The maximum Gasteiger partial charge on any atom is 0.120 e. The van der Waals surface area contributed by atoms with Crippen LogP contribution in [-0.4, -0.2) is 10.9 Å². The van der Waals surface area contributed by atoms with Gasteiger partial charge in [-0.2, -0.15) is 0 Å². The normalized spacial score (nSPS) is 12.4. The molecule has 1 unspecified atom stereocenters. The SMILES string of the molecule is Cn1cc(C(CC=O)c2ccccc2)c2ccccc21. The van der Waals surface area contributed by atoms with Crippen molar-refractivity contribution in [2.45, 2.75) is 12.3 Å². The number of hydrogen-bond donors (Lipinski definition) is 0. The Morgan fingerprint density at radius 1 is 1.05 bits per heavy atom. The van der Waals surface area contributed by atoms with Crippen LogP contribution in [-0.2, 0) is 11.8 Å². The number of rotatable bonds is 4. The zero-order valence-corrected chi connectivity index (χ0v) is 11.5. The molecule has 0 aliphatic heterocycles.